The zero-order chi connectivity index (χ0) is 23.1. The molecular weight excluding hydrogens is 462 g/mol. The zero-order valence-electron chi connectivity index (χ0n) is 18.3. The van der Waals surface area contributed by atoms with Gasteiger partial charge in [-0.15, -0.1) is 11.8 Å². The molecule has 5 heteroatoms. The van der Waals surface area contributed by atoms with Crippen molar-refractivity contribution in [3.8, 4) is 5.75 Å². The van der Waals surface area contributed by atoms with Gasteiger partial charge in [-0.2, -0.15) is 0 Å². The van der Waals surface area contributed by atoms with Gasteiger partial charge in [-0.3, -0.25) is 9.69 Å². The summed E-state index contributed by atoms with van der Waals surface area (Å²) in [5.41, 5.74) is 2.55. The van der Waals surface area contributed by atoms with Crippen LogP contribution in [0.25, 0.3) is 0 Å². The third-order valence-electron chi connectivity index (χ3n) is 6.66. The Hall–Kier alpha value is -3.21. The molecule has 3 nitrogen and oxygen atoms in total. The molecule has 168 valence electrons. The number of hydrogen-bond acceptors (Lipinski definition) is 3. The maximum atomic E-state index is 13.8. The van der Waals surface area contributed by atoms with Crippen molar-refractivity contribution >= 4 is 35.0 Å². The highest BCUT2D eigenvalue weighted by atomic mass is 35.5. The maximum Gasteiger partial charge on any atom is 0.271 e. The second-order valence-electron chi connectivity index (χ2n) is 8.60. The molecule has 2 heterocycles. The number of rotatable bonds is 4. The van der Waals surface area contributed by atoms with Gasteiger partial charge < -0.3 is 4.74 Å². The van der Waals surface area contributed by atoms with E-state index in [1.807, 2.05) is 83.8 Å². The van der Waals surface area contributed by atoms with E-state index in [1.165, 1.54) is 5.56 Å². The van der Waals surface area contributed by atoms with Crippen LogP contribution >= 0.6 is 23.4 Å². The van der Waals surface area contributed by atoms with Gasteiger partial charge in [0.1, 0.15) is 11.3 Å². The summed E-state index contributed by atoms with van der Waals surface area (Å²) in [6.07, 6.45) is 0.0835. The van der Waals surface area contributed by atoms with Gasteiger partial charge in [0.15, 0.2) is 0 Å². The Labute approximate surface area is 208 Å². The van der Waals surface area contributed by atoms with Crippen LogP contribution in [0.5, 0.6) is 5.75 Å². The summed E-state index contributed by atoms with van der Waals surface area (Å²) in [6.45, 7) is 0. The van der Waals surface area contributed by atoms with Gasteiger partial charge >= 0.3 is 0 Å². The summed E-state index contributed by atoms with van der Waals surface area (Å²) in [4.78, 5) is 16.8. The molecule has 1 amide bonds. The van der Waals surface area contributed by atoms with Crippen LogP contribution in [0.3, 0.4) is 0 Å². The highest BCUT2D eigenvalue weighted by molar-refractivity contribution is 7.99. The Morgan fingerprint density at radius 2 is 1.47 bits per heavy atom. The molecule has 2 aliphatic heterocycles. The molecule has 1 saturated heterocycles. The van der Waals surface area contributed by atoms with E-state index < -0.39 is 11.6 Å². The quantitative estimate of drug-likeness (QED) is 0.286. The van der Waals surface area contributed by atoms with E-state index in [0.29, 0.717) is 17.2 Å². The summed E-state index contributed by atoms with van der Waals surface area (Å²) in [7, 11) is 0. The predicted octanol–water partition coefficient (Wildman–Crippen LogP) is 7.27. The van der Waals surface area contributed by atoms with Gasteiger partial charge in [0.05, 0.1) is 5.69 Å². The number of β-lactam (4-membered cyclic amide) rings is 1. The molecule has 0 aliphatic carbocycles. The van der Waals surface area contributed by atoms with Crippen molar-refractivity contribution in [3.05, 3.63) is 125 Å². The fourth-order valence-corrected chi connectivity index (χ4v) is 6.59. The number of fused-ring (bicyclic) bond motifs is 3. The van der Waals surface area contributed by atoms with E-state index in [9.17, 15) is 4.79 Å². The number of para-hydroxylation sites is 2. The van der Waals surface area contributed by atoms with Crippen LogP contribution < -0.4 is 9.64 Å². The normalized spacial score (nSPS) is 23.3. The molecule has 4 aromatic rings. The average molecular weight is 484 g/mol. The maximum absolute atomic E-state index is 13.8. The first kappa shape index (κ1) is 21.3. The minimum Gasteiger partial charge on any atom is -0.478 e. The topological polar surface area (TPSA) is 29.5 Å². The van der Waals surface area contributed by atoms with Crippen LogP contribution in [0, 0.1) is 0 Å². The number of thioether (sulfide) groups is 1. The molecule has 1 fully saturated rings. The molecule has 0 saturated carbocycles. The summed E-state index contributed by atoms with van der Waals surface area (Å²) < 4.78 is 6.44. The van der Waals surface area contributed by atoms with E-state index in [2.05, 4.69) is 30.3 Å². The zero-order valence-corrected chi connectivity index (χ0v) is 19.9. The minimum atomic E-state index is -0.641. The Morgan fingerprint density at radius 1 is 0.824 bits per heavy atom. The lowest BCUT2D eigenvalue weighted by Gasteiger charge is -2.57. The van der Waals surface area contributed by atoms with E-state index >= 15 is 0 Å². The Bertz CT molecular complexity index is 1330. The second-order valence-corrected chi connectivity index (χ2v) is 10.3. The van der Waals surface area contributed by atoms with E-state index in [-0.39, 0.29) is 11.2 Å². The van der Waals surface area contributed by atoms with Crippen LogP contribution in [0.2, 0.25) is 5.02 Å². The van der Waals surface area contributed by atoms with E-state index in [1.54, 1.807) is 11.8 Å². The summed E-state index contributed by atoms with van der Waals surface area (Å²) in [5, 5.41) is 0.824. The first-order valence-electron chi connectivity index (χ1n) is 11.3. The molecule has 34 heavy (non-hydrogen) atoms. The Morgan fingerprint density at radius 3 is 2.21 bits per heavy atom. The first-order chi connectivity index (χ1) is 16.7. The van der Waals surface area contributed by atoms with E-state index in [4.69, 9.17) is 16.3 Å². The molecular formula is C29H22ClNO2S. The third-order valence-corrected chi connectivity index (χ3v) is 8.24. The second kappa shape index (κ2) is 8.53. The number of carbonyl (C=O) groups excluding carboxylic acids is 1. The lowest BCUT2D eigenvalue weighted by molar-refractivity contribution is -0.142. The fourth-order valence-electron chi connectivity index (χ4n) is 5.09. The Balaban J connectivity index is 1.54. The molecule has 4 aromatic carbocycles. The smallest absolute Gasteiger partial charge is 0.271 e. The SMILES string of the molecule is O=C1C(Oc2ccccc2)C2(c3ccccc3)CC(c3ccc(Cl)cc3)Sc3ccccc3N12. The summed E-state index contributed by atoms with van der Waals surface area (Å²) in [6, 6.07) is 36.1. The molecule has 2 aliphatic rings. The molecule has 6 rings (SSSR count). The van der Waals surface area contributed by atoms with Gasteiger partial charge in [-0.1, -0.05) is 84.4 Å². The lowest BCUT2D eigenvalue weighted by Crippen LogP contribution is -2.74. The van der Waals surface area contributed by atoms with Crippen molar-refractivity contribution in [2.75, 3.05) is 4.90 Å². The first-order valence-corrected chi connectivity index (χ1v) is 12.5. The average Bonchev–Trinajstić information content (AvgIpc) is 3.02. The number of ether oxygens (including phenoxy) is 1. The van der Waals surface area contributed by atoms with Crippen molar-refractivity contribution in [3.63, 3.8) is 0 Å². The van der Waals surface area contributed by atoms with Gasteiger partial charge in [0.2, 0.25) is 6.10 Å². The Kier molecular flexibility index (Phi) is 5.35. The number of anilines is 1. The largest absolute Gasteiger partial charge is 0.478 e. The number of hydrogen-bond donors (Lipinski definition) is 0. The molecule has 0 N–H and O–H groups in total. The monoisotopic (exact) mass is 483 g/mol. The predicted molar refractivity (Wildman–Crippen MR) is 138 cm³/mol. The van der Waals surface area contributed by atoms with Crippen molar-refractivity contribution < 1.29 is 9.53 Å². The van der Waals surface area contributed by atoms with Gasteiger partial charge in [-0.25, -0.2) is 0 Å². The molecule has 0 bridgehead atoms. The number of nitrogens with zero attached hydrogens (tertiary/aromatic N) is 1. The number of carbonyl (C=O) groups is 1. The molecule has 0 radical (unpaired) electrons. The highest BCUT2D eigenvalue weighted by Crippen LogP contribution is 2.59. The molecule has 3 atom stereocenters. The lowest BCUT2D eigenvalue weighted by atomic mass is 9.70. The van der Waals surface area contributed by atoms with Crippen LogP contribution in [0.4, 0.5) is 5.69 Å². The van der Waals surface area contributed by atoms with Crippen LogP contribution in [0.15, 0.2) is 114 Å². The molecule has 3 unspecified atom stereocenters. The van der Waals surface area contributed by atoms with Crippen LogP contribution in [0.1, 0.15) is 22.8 Å². The third kappa shape index (κ3) is 3.41. The van der Waals surface area contributed by atoms with Crippen LogP contribution in [-0.4, -0.2) is 12.0 Å². The number of halogens is 1. The van der Waals surface area contributed by atoms with Crippen LogP contribution in [-0.2, 0) is 10.3 Å². The van der Waals surface area contributed by atoms with E-state index in [0.717, 1.165) is 16.1 Å². The van der Waals surface area contributed by atoms with Gasteiger partial charge in [-0.05, 0) is 53.9 Å². The van der Waals surface area contributed by atoms with Crippen molar-refractivity contribution in [1.29, 1.82) is 0 Å². The van der Waals surface area contributed by atoms with Crippen molar-refractivity contribution in [2.24, 2.45) is 0 Å². The standard InChI is InChI=1S/C29H22ClNO2S/c30-22-17-15-20(16-18-22)26-19-29(21-9-3-1-4-10-21)27(33-23-11-5-2-6-12-23)28(32)31(29)24-13-7-8-14-25(24)34-26/h1-18,26-27H,19H2. The van der Waals surface area contributed by atoms with Crippen molar-refractivity contribution in [2.45, 2.75) is 28.2 Å². The van der Waals surface area contributed by atoms with Gasteiger partial charge in [0.25, 0.3) is 5.91 Å². The fraction of sp³-hybridized carbons (Fsp3) is 0.138. The van der Waals surface area contributed by atoms with Gasteiger partial charge in [0, 0.05) is 15.2 Å². The highest BCUT2D eigenvalue weighted by Gasteiger charge is 2.65. The minimum absolute atomic E-state index is 0.0162. The molecule has 0 aromatic heterocycles. The summed E-state index contributed by atoms with van der Waals surface area (Å²) in [5.74, 6) is 0.682. The number of amides is 1. The number of benzene rings is 4. The summed E-state index contributed by atoms with van der Waals surface area (Å²) >= 11 is 8.00. The molecule has 0 spiro atoms. The van der Waals surface area contributed by atoms with Crippen molar-refractivity contribution in [1.82, 2.24) is 0 Å².